The molecule has 10 nitrogen and oxygen atoms in total. The Labute approximate surface area is 206 Å². The summed E-state index contributed by atoms with van der Waals surface area (Å²) in [6.45, 7) is 3.15. The number of nitrogens with zero attached hydrogens (tertiary/aromatic N) is 4. The average Bonchev–Trinajstić information content (AvgIpc) is 3.33. The fourth-order valence-corrected chi connectivity index (χ4v) is 4.95. The first-order chi connectivity index (χ1) is 17.6. The summed E-state index contributed by atoms with van der Waals surface area (Å²) in [7, 11) is 0. The van der Waals surface area contributed by atoms with Gasteiger partial charge in [-0.1, -0.05) is 5.16 Å². The molecule has 0 bridgehead atoms. The maximum absolute atomic E-state index is 13.0. The third-order valence-corrected chi connectivity index (χ3v) is 6.94. The standard InChI is InChI=1S/C26H25N5O5/c1-14-22-19(35-24(14)25(32)28-10-17-9-21(36-30-17)15-4-5-15)7-6-16-11-31(29-23(16)22)12-18-13-33-26-20(34-18)3-2-8-27-26/h2-3,8-9,11,15,18H,4-7,10,12-13H2,1H3,(H,28,32)/t18-/m1/s1. The van der Waals surface area contributed by atoms with Gasteiger partial charge in [-0.15, -0.1) is 0 Å². The van der Waals surface area contributed by atoms with Crippen molar-refractivity contribution in [1.29, 1.82) is 0 Å². The average molecular weight is 488 g/mol. The van der Waals surface area contributed by atoms with Crippen LogP contribution in [0.5, 0.6) is 11.6 Å². The Hall–Kier alpha value is -4.08. The number of pyridine rings is 1. The number of aryl methyl sites for hydroxylation is 2. The van der Waals surface area contributed by atoms with Crippen molar-refractivity contribution in [2.24, 2.45) is 0 Å². The molecule has 184 valence electrons. The number of rotatable bonds is 6. The number of fused-ring (bicyclic) bond motifs is 4. The van der Waals surface area contributed by atoms with E-state index in [-0.39, 0.29) is 12.0 Å². The van der Waals surface area contributed by atoms with E-state index in [0.29, 0.717) is 48.7 Å². The maximum atomic E-state index is 13.0. The van der Waals surface area contributed by atoms with E-state index in [2.05, 4.69) is 21.7 Å². The van der Waals surface area contributed by atoms with Crippen LogP contribution in [0.4, 0.5) is 0 Å². The predicted octanol–water partition coefficient (Wildman–Crippen LogP) is 3.58. The van der Waals surface area contributed by atoms with Crippen molar-refractivity contribution in [1.82, 2.24) is 25.2 Å². The largest absolute Gasteiger partial charge is 0.479 e. The van der Waals surface area contributed by atoms with Crippen LogP contribution in [0.2, 0.25) is 0 Å². The second-order valence-corrected chi connectivity index (χ2v) is 9.61. The third-order valence-electron chi connectivity index (χ3n) is 6.94. The molecule has 1 amide bonds. The molecule has 4 aromatic rings. The number of hydrogen-bond acceptors (Lipinski definition) is 8. The van der Waals surface area contributed by atoms with Crippen molar-refractivity contribution < 1.29 is 23.2 Å². The molecule has 36 heavy (non-hydrogen) atoms. The van der Waals surface area contributed by atoms with Gasteiger partial charge in [-0.2, -0.15) is 5.10 Å². The molecular formula is C26H25N5O5. The van der Waals surface area contributed by atoms with Gasteiger partial charge in [0.05, 0.1) is 18.8 Å². The highest BCUT2D eigenvalue weighted by Crippen LogP contribution is 2.40. The number of furan rings is 1. The van der Waals surface area contributed by atoms with Crippen LogP contribution in [-0.4, -0.2) is 38.5 Å². The van der Waals surface area contributed by atoms with Gasteiger partial charge in [0.25, 0.3) is 11.8 Å². The van der Waals surface area contributed by atoms with Gasteiger partial charge in [-0.25, -0.2) is 4.98 Å². The highest BCUT2D eigenvalue weighted by atomic mass is 16.6. The van der Waals surface area contributed by atoms with Gasteiger partial charge in [0.1, 0.15) is 23.8 Å². The molecule has 3 aliphatic rings. The predicted molar refractivity (Wildman–Crippen MR) is 126 cm³/mol. The summed E-state index contributed by atoms with van der Waals surface area (Å²) in [5.41, 5.74) is 4.42. The number of amides is 1. The summed E-state index contributed by atoms with van der Waals surface area (Å²) in [6, 6.07) is 5.60. The van der Waals surface area contributed by atoms with Crippen LogP contribution in [-0.2, 0) is 25.9 Å². The van der Waals surface area contributed by atoms with Crippen molar-refractivity contribution in [2.75, 3.05) is 6.61 Å². The van der Waals surface area contributed by atoms with Crippen LogP contribution >= 0.6 is 0 Å². The fourth-order valence-electron chi connectivity index (χ4n) is 4.95. The summed E-state index contributed by atoms with van der Waals surface area (Å²) < 4.78 is 25.1. The molecule has 0 saturated heterocycles. The Bertz CT molecular complexity index is 1460. The number of nitrogens with one attached hydrogen (secondary N) is 1. The minimum Gasteiger partial charge on any atom is -0.479 e. The molecule has 4 aromatic heterocycles. The highest BCUT2D eigenvalue weighted by Gasteiger charge is 2.31. The summed E-state index contributed by atoms with van der Waals surface area (Å²) in [5, 5.41) is 11.8. The second kappa shape index (κ2) is 8.25. The van der Waals surface area contributed by atoms with Crippen LogP contribution in [0, 0.1) is 6.92 Å². The lowest BCUT2D eigenvalue weighted by Crippen LogP contribution is -2.33. The SMILES string of the molecule is Cc1c(C(=O)NCc2cc(C3CC3)on2)oc2c1-c1nn(C[C@@H]3COc4ncccc4O3)cc1CC2. The van der Waals surface area contributed by atoms with E-state index in [1.165, 1.54) is 0 Å². The first kappa shape index (κ1) is 21.2. The zero-order valence-electron chi connectivity index (χ0n) is 19.8. The number of hydrogen-bond donors (Lipinski definition) is 1. The van der Waals surface area contributed by atoms with E-state index in [9.17, 15) is 4.79 Å². The molecule has 5 heterocycles. The Morgan fingerprint density at radius 1 is 1.28 bits per heavy atom. The van der Waals surface area contributed by atoms with Gasteiger partial charge in [0.15, 0.2) is 17.6 Å². The lowest BCUT2D eigenvalue weighted by molar-refractivity contribution is 0.0716. The molecule has 0 radical (unpaired) electrons. The second-order valence-electron chi connectivity index (χ2n) is 9.61. The molecule has 10 heteroatoms. The van der Waals surface area contributed by atoms with Gasteiger partial charge in [-0.3, -0.25) is 9.48 Å². The van der Waals surface area contributed by atoms with Crippen LogP contribution in [0.3, 0.4) is 0 Å². The molecule has 0 spiro atoms. The number of ether oxygens (including phenoxy) is 2. The summed E-state index contributed by atoms with van der Waals surface area (Å²) >= 11 is 0. The molecule has 1 atom stereocenters. The van der Waals surface area contributed by atoms with Crippen LogP contribution in [0.25, 0.3) is 11.3 Å². The molecular weight excluding hydrogens is 462 g/mol. The number of carbonyl (C=O) groups is 1. The Morgan fingerprint density at radius 2 is 2.19 bits per heavy atom. The summed E-state index contributed by atoms with van der Waals surface area (Å²) in [5.74, 6) is 3.40. The molecule has 0 aromatic carbocycles. The monoisotopic (exact) mass is 487 g/mol. The molecule has 1 saturated carbocycles. The first-order valence-corrected chi connectivity index (χ1v) is 12.3. The zero-order chi connectivity index (χ0) is 24.2. The maximum Gasteiger partial charge on any atom is 0.287 e. The minimum atomic E-state index is -0.265. The van der Waals surface area contributed by atoms with E-state index < -0.39 is 0 Å². The Balaban J connectivity index is 1.07. The van der Waals surface area contributed by atoms with E-state index >= 15 is 0 Å². The van der Waals surface area contributed by atoms with Crippen LogP contribution in [0.15, 0.2) is 39.5 Å². The zero-order valence-corrected chi connectivity index (χ0v) is 19.8. The van der Waals surface area contributed by atoms with E-state index in [1.807, 2.05) is 29.8 Å². The number of carbonyl (C=O) groups excluding carboxylic acids is 1. The van der Waals surface area contributed by atoms with Gasteiger partial charge >= 0.3 is 0 Å². The van der Waals surface area contributed by atoms with Crippen molar-refractivity contribution in [3.63, 3.8) is 0 Å². The van der Waals surface area contributed by atoms with Crippen molar-refractivity contribution >= 4 is 5.91 Å². The molecule has 0 unspecified atom stereocenters. The smallest absolute Gasteiger partial charge is 0.287 e. The molecule has 7 rings (SSSR count). The normalized spacial score (nSPS) is 18.0. The molecule has 1 aliphatic heterocycles. The topological polar surface area (TPSA) is 117 Å². The van der Waals surface area contributed by atoms with Crippen molar-refractivity contribution in [2.45, 2.75) is 57.7 Å². The lowest BCUT2D eigenvalue weighted by atomic mass is 9.93. The Kier molecular flexibility index (Phi) is 4.86. The molecule has 1 N–H and O–H groups in total. The van der Waals surface area contributed by atoms with Gasteiger partial charge < -0.3 is 23.7 Å². The van der Waals surface area contributed by atoms with E-state index in [0.717, 1.165) is 59.6 Å². The third kappa shape index (κ3) is 3.73. The van der Waals surface area contributed by atoms with Crippen molar-refractivity contribution in [3.8, 4) is 22.9 Å². The molecule has 1 fully saturated rings. The Morgan fingerprint density at radius 3 is 3.08 bits per heavy atom. The van der Waals surface area contributed by atoms with E-state index in [4.69, 9.17) is 23.5 Å². The fraction of sp³-hybridized carbons (Fsp3) is 0.385. The summed E-state index contributed by atoms with van der Waals surface area (Å²) in [4.78, 5) is 17.2. The van der Waals surface area contributed by atoms with Crippen molar-refractivity contribution in [3.05, 3.63) is 64.7 Å². The van der Waals surface area contributed by atoms with Crippen LogP contribution < -0.4 is 14.8 Å². The van der Waals surface area contributed by atoms with E-state index in [1.54, 1.807) is 6.20 Å². The van der Waals surface area contributed by atoms with Gasteiger partial charge in [-0.05, 0) is 43.9 Å². The minimum absolute atomic E-state index is 0.175. The summed E-state index contributed by atoms with van der Waals surface area (Å²) in [6.07, 6.45) is 7.36. The van der Waals surface area contributed by atoms with Gasteiger partial charge in [0.2, 0.25) is 0 Å². The lowest BCUT2D eigenvalue weighted by Gasteiger charge is -2.25. The number of aromatic nitrogens is 4. The van der Waals surface area contributed by atoms with Gasteiger partial charge in [0, 0.05) is 41.9 Å². The van der Waals surface area contributed by atoms with Crippen LogP contribution in [0.1, 0.15) is 57.7 Å². The molecule has 2 aliphatic carbocycles. The quantitative estimate of drug-likeness (QED) is 0.439. The first-order valence-electron chi connectivity index (χ1n) is 12.3. The highest BCUT2D eigenvalue weighted by molar-refractivity contribution is 5.95.